The van der Waals surface area contributed by atoms with E-state index in [-0.39, 0.29) is 16.8 Å². The van der Waals surface area contributed by atoms with Crippen molar-refractivity contribution in [1.29, 1.82) is 0 Å². The van der Waals surface area contributed by atoms with E-state index in [1.807, 2.05) is 0 Å². The third-order valence-corrected chi connectivity index (χ3v) is 5.41. The Balaban J connectivity index is 1.98. The zero-order valence-electron chi connectivity index (χ0n) is 11.4. The molecule has 3 aliphatic rings. The van der Waals surface area contributed by atoms with Gasteiger partial charge in [-0.1, -0.05) is 30.3 Å². The Kier molecular flexibility index (Phi) is 2.03. The SMILES string of the molecule is CC(=O)C1=C[C@@]2(C)c3ccccc3[C@]23OCC[C@H]3C1. The van der Waals surface area contributed by atoms with E-state index < -0.39 is 0 Å². The molecule has 1 heterocycles. The van der Waals surface area contributed by atoms with E-state index in [1.165, 1.54) is 11.1 Å². The molecular formula is C17H18O2. The first kappa shape index (κ1) is 11.4. The Labute approximate surface area is 113 Å². The van der Waals surface area contributed by atoms with Crippen LogP contribution in [-0.4, -0.2) is 12.4 Å². The molecule has 0 bridgehead atoms. The number of carbonyl (C=O) groups excluding carboxylic acids is 1. The fourth-order valence-electron chi connectivity index (χ4n) is 4.58. The smallest absolute Gasteiger partial charge is 0.155 e. The molecule has 1 aliphatic heterocycles. The van der Waals surface area contributed by atoms with Crippen LogP contribution in [0.2, 0.25) is 0 Å². The molecule has 2 aliphatic carbocycles. The van der Waals surface area contributed by atoms with Crippen LogP contribution in [0, 0.1) is 5.92 Å². The topological polar surface area (TPSA) is 26.3 Å². The molecule has 3 atom stereocenters. The molecule has 98 valence electrons. The van der Waals surface area contributed by atoms with Gasteiger partial charge in [0.05, 0.1) is 0 Å². The lowest BCUT2D eigenvalue weighted by molar-refractivity contribution is -0.118. The van der Waals surface area contributed by atoms with E-state index in [1.54, 1.807) is 6.92 Å². The number of fused-ring (bicyclic) bond motifs is 2. The van der Waals surface area contributed by atoms with Crippen molar-refractivity contribution in [2.45, 2.75) is 37.7 Å². The maximum Gasteiger partial charge on any atom is 0.155 e. The van der Waals surface area contributed by atoms with Crippen molar-refractivity contribution in [3.8, 4) is 0 Å². The zero-order valence-corrected chi connectivity index (χ0v) is 11.4. The number of hydrogen-bond donors (Lipinski definition) is 0. The van der Waals surface area contributed by atoms with E-state index in [4.69, 9.17) is 4.74 Å². The predicted molar refractivity (Wildman–Crippen MR) is 72.9 cm³/mol. The molecule has 1 spiro atoms. The van der Waals surface area contributed by atoms with Gasteiger partial charge in [-0.25, -0.2) is 0 Å². The summed E-state index contributed by atoms with van der Waals surface area (Å²) in [6.07, 6.45) is 4.12. The second-order valence-corrected chi connectivity index (χ2v) is 6.25. The molecule has 0 unspecified atom stereocenters. The summed E-state index contributed by atoms with van der Waals surface area (Å²) in [5.41, 5.74) is 3.38. The predicted octanol–water partition coefficient (Wildman–Crippen LogP) is 3.11. The molecule has 1 aromatic carbocycles. The first-order valence-electron chi connectivity index (χ1n) is 7.06. The minimum Gasteiger partial charge on any atom is -0.369 e. The molecule has 19 heavy (non-hydrogen) atoms. The fourth-order valence-corrected chi connectivity index (χ4v) is 4.58. The lowest BCUT2D eigenvalue weighted by atomic mass is 9.46. The maximum absolute atomic E-state index is 11.8. The fraction of sp³-hybridized carbons (Fsp3) is 0.471. The summed E-state index contributed by atoms with van der Waals surface area (Å²) < 4.78 is 6.25. The highest BCUT2D eigenvalue weighted by molar-refractivity contribution is 5.94. The Morgan fingerprint density at radius 2 is 2.05 bits per heavy atom. The van der Waals surface area contributed by atoms with Crippen LogP contribution < -0.4 is 0 Å². The van der Waals surface area contributed by atoms with Gasteiger partial charge >= 0.3 is 0 Å². The molecule has 4 rings (SSSR count). The molecule has 1 aromatic rings. The van der Waals surface area contributed by atoms with Gasteiger partial charge < -0.3 is 4.74 Å². The highest BCUT2D eigenvalue weighted by atomic mass is 16.5. The van der Waals surface area contributed by atoms with E-state index in [9.17, 15) is 4.79 Å². The number of carbonyl (C=O) groups is 1. The number of hydrogen-bond acceptors (Lipinski definition) is 2. The second kappa shape index (κ2) is 3.37. The largest absolute Gasteiger partial charge is 0.369 e. The maximum atomic E-state index is 11.8. The molecule has 1 fully saturated rings. The van der Waals surface area contributed by atoms with Crippen molar-refractivity contribution >= 4 is 5.78 Å². The van der Waals surface area contributed by atoms with Crippen molar-refractivity contribution in [1.82, 2.24) is 0 Å². The molecule has 0 saturated carbocycles. The third kappa shape index (κ3) is 1.10. The van der Waals surface area contributed by atoms with Gasteiger partial charge in [0.2, 0.25) is 0 Å². The number of ether oxygens (including phenoxy) is 1. The van der Waals surface area contributed by atoms with Crippen LogP contribution in [0.5, 0.6) is 0 Å². The number of ketones is 1. The van der Waals surface area contributed by atoms with Gasteiger partial charge in [-0.15, -0.1) is 0 Å². The van der Waals surface area contributed by atoms with Crippen molar-refractivity contribution in [3.63, 3.8) is 0 Å². The van der Waals surface area contributed by atoms with Crippen LogP contribution in [0.1, 0.15) is 37.8 Å². The molecule has 0 amide bonds. The lowest BCUT2D eigenvalue weighted by Gasteiger charge is -2.60. The van der Waals surface area contributed by atoms with Crippen molar-refractivity contribution in [3.05, 3.63) is 47.0 Å². The van der Waals surface area contributed by atoms with Crippen molar-refractivity contribution in [2.75, 3.05) is 6.61 Å². The van der Waals surface area contributed by atoms with E-state index in [0.717, 1.165) is 25.0 Å². The number of benzene rings is 1. The summed E-state index contributed by atoms with van der Waals surface area (Å²) >= 11 is 0. The Bertz CT molecular complexity index is 615. The van der Waals surface area contributed by atoms with Crippen LogP contribution in [0.25, 0.3) is 0 Å². The summed E-state index contributed by atoms with van der Waals surface area (Å²) in [4.78, 5) is 11.8. The standard InChI is InChI=1S/C17H18O2/c1-11(18)12-9-13-7-8-19-17(13)15-6-4-3-5-14(15)16(17,2)10-12/h3-6,10,13H,7-9H2,1-2H3/t13-,16-,17-/m0/s1. The summed E-state index contributed by atoms with van der Waals surface area (Å²) in [7, 11) is 0. The molecule has 1 saturated heterocycles. The van der Waals surface area contributed by atoms with Crippen molar-refractivity contribution < 1.29 is 9.53 Å². The van der Waals surface area contributed by atoms with Gasteiger partial charge in [-0.3, -0.25) is 4.79 Å². The quantitative estimate of drug-likeness (QED) is 0.769. The van der Waals surface area contributed by atoms with Crippen molar-refractivity contribution in [2.24, 2.45) is 5.92 Å². The monoisotopic (exact) mass is 254 g/mol. The van der Waals surface area contributed by atoms with Gasteiger partial charge in [0.1, 0.15) is 5.60 Å². The van der Waals surface area contributed by atoms with Gasteiger partial charge in [0.15, 0.2) is 5.78 Å². The number of allylic oxidation sites excluding steroid dienone is 1. The average molecular weight is 254 g/mol. The zero-order chi connectivity index (χ0) is 13.3. The van der Waals surface area contributed by atoms with Gasteiger partial charge in [0, 0.05) is 12.0 Å². The minimum absolute atomic E-state index is 0.121. The van der Waals surface area contributed by atoms with Gasteiger partial charge in [-0.2, -0.15) is 0 Å². The summed E-state index contributed by atoms with van der Waals surface area (Å²) in [5.74, 6) is 0.669. The normalized spacial score (nSPS) is 38.6. The summed E-state index contributed by atoms with van der Waals surface area (Å²) in [6.45, 7) is 4.73. The van der Waals surface area contributed by atoms with E-state index in [0.29, 0.717) is 5.92 Å². The molecule has 2 heteroatoms. The Morgan fingerprint density at radius 3 is 2.79 bits per heavy atom. The lowest BCUT2D eigenvalue weighted by Crippen LogP contribution is -2.61. The highest BCUT2D eigenvalue weighted by Gasteiger charge is 2.67. The highest BCUT2D eigenvalue weighted by Crippen LogP contribution is 2.67. The molecule has 0 radical (unpaired) electrons. The number of Topliss-reactive ketones (excluding diaryl/α,β-unsaturated/α-hetero) is 1. The van der Waals surface area contributed by atoms with Crippen LogP contribution in [0.3, 0.4) is 0 Å². The molecular weight excluding hydrogens is 236 g/mol. The Morgan fingerprint density at radius 1 is 1.32 bits per heavy atom. The Hall–Kier alpha value is -1.41. The third-order valence-electron chi connectivity index (χ3n) is 5.41. The molecule has 0 aromatic heterocycles. The van der Waals surface area contributed by atoms with Gasteiger partial charge in [0.25, 0.3) is 0 Å². The van der Waals surface area contributed by atoms with Crippen LogP contribution in [0.15, 0.2) is 35.9 Å². The van der Waals surface area contributed by atoms with Crippen LogP contribution in [0.4, 0.5) is 0 Å². The molecule has 0 N–H and O–H groups in total. The molecule has 2 nitrogen and oxygen atoms in total. The first-order chi connectivity index (χ1) is 9.09. The second-order valence-electron chi connectivity index (χ2n) is 6.25. The average Bonchev–Trinajstić information content (AvgIpc) is 2.84. The van der Waals surface area contributed by atoms with E-state index >= 15 is 0 Å². The van der Waals surface area contributed by atoms with E-state index in [2.05, 4.69) is 37.3 Å². The first-order valence-corrected chi connectivity index (χ1v) is 7.06. The van der Waals surface area contributed by atoms with Crippen LogP contribution in [-0.2, 0) is 20.5 Å². The summed E-state index contributed by atoms with van der Waals surface area (Å²) in [6, 6.07) is 8.55. The summed E-state index contributed by atoms with van der Waals surface area (Å²) in [5, 5.41) is 0. The van der Waals surface area contributed by atoms with Crippen LogP contribution >= 0.6 is 0 Å². The van der Waals surface area contributed by atoms with Gasteiger partial charge in [-0.05, 0) is 49.3 Å². The minimum atomic E-state index is -0.164. The number of rotatable bonds is 1.